The Balaban J connectivity index is 1.81. The maximum Gasteiger partial charge on any atom is 0.243 e. The number of carbonyl (C=O) groups excluding carboxylic acids is 2. The minimum Gasteiger partial charge on any atom is -0.385 e. The predicted molar refractivity (Wildman–Crippen MR) is 67.0 cm³/mol. The molecule has 2 amide bonds. The predicted octanol–water partition coefficient (Wildman–Crippen LogP) is 0.683. The standard InChI is InChI=1S/C13H22N2O3/c1-18-9-3-5-12(16)15-8-2-4-11(15)13(17)14-10-6-7-10/h10-11H,2-9H2,1H3,(H,14,17)/t11-/m0/s1. The molecule has 1 N–H and O–H groups in total. The van der Waals surface area contributed by atoms with E-state index in [9.17, 15) is 9.59 Å². The average Bonchev–Trinajstić information content (AvgIpc) is 3.02. The van der Waals surface area contributed by atoms with E-state index in [0.717, 1.165) is 32.1 Å². The Hall–Kier alpha value is -1.10. The Morgan fingerprint density at radius 3 is 2.78 bits per heavy atom. The second-order valence-electron chi connectivity index (χ2n) is 5.12. The average molecular weight is 254 g/mol. The number of nitrogens with zero attached hydrogens (tertiary/aromatic N) is 1. The van der Waals surface area contributed by atoms with Crippen LogP contribution in [-0.2, 0) is 14.3 Å². The molecule has 0 spiro atoms. The summed E-state index contributed by atoms with van der Waals surface area (Å²) in [6.07, 6.45) is 5.09. The van der Waals surface area contributed by atoms with E-state index in [1.807, 2.05) is 0 Å². The van der Waals surface area contributed by atoms with Crippen LogP contribution in [0.2, 0.25) is 0 Å². The van der Waals surface area contributed by atoms with Crippen LogP contribution in [0.4, 0.5) is 0 Å². The monoisotopic (exact) mass is 254 g/mol. The van der Waals surface area contributed by atoms with Crippen LogP contribution in [0.15, 0.2) is 0 Å². The summed E-state index contributed by atoms with van der Waals surface area (Å²) >= 11 is 0. The number of carbonyl (C=O) groups is 2. The van der Waals surface area contributed by atoms with Crippen LogP contribution in [0.25, 0.3) is 0 Å². The number of amides is 2. The lowest BCUT2D eigenvalue weighted by molar-refractivity contribution is -0.138. The van der Waals surface area contributed by atoms with Gasteiger partial charge in [0.15, 0.2) is 0 Å². The Bertz CT molecular complexity index is 315. The third-order valence-electron chi connectivity index (χ3n) is 3.54. The summed E-state index contributed by atoms with van der Waals surface area (Å²) in [6.45, 7) is 1.31. The van der Waals surface area contributed by atoms with Crippen LogP contribution in [-0.4, -0.2) is 49.1 Å². The van der Waals surface area contributed by atoms with E-state index in [1.54, 1.807) is 12.0 Å². The number of hydrogen-bond acceptors (Lipinski definition) is 3. The highest BCUT2D eigenvalue weighted by molar-refractivity contribution is 5.88. The first-order valence-corrected chi connectivity index (χ1v) is 6.81. The van der Waals surface area contributed by atoms with Crippen molar-refractivity contribution in [2.24, 2.45) is 0 Å². The lowest BCUT2D eigenvalue weighted by Crippen LogP contribution is -2.46. The number of nitrogens with one attached hydrogen (secondary N) is 1. The fraction of sp³-hybridized carbons (Fsp3) is 0.846. The first-order valence-electron chi connectivity index (χ1n) is 6.81. The van der Waals surface area contributed by atoms with Crippen LogP contribution >= 0.6 is 0 Å². The summed E-state index contributed by atoms with van der Waals surface area (Å²) in [4.78, 5) is 25.8. The minimum absolute atomic E-state index is 0.0371. The number of rotatable bonds is 6. The molecule has 5 heteroatoms. The van der Waals surface area contributed by atoms with Crippen molar-refractivity contribution in [1.29, 1.82) is 0 Å². The molecule has 18 heavy (non-hydrogen) atoms. The van der Waals surface area contributed by atoms with Gasteiger partial charge in [-0.15, -0.1) is 0 Å². The summed E-state index contributed by atoms with van der Waals surface area (Å²) < 4.78 is 4.94. The minimum atomic E-state index is -0.236. The summed E-state index contributed by atoms with van der Waals surface area (Å²) in [5.74, 6) is 0.121. The molecule has 0 unspecified atom stereocenters. The number of hydrogen-bond donors (Lipinski definition) is 1. The smallest absolute Gasteiger partial charge is 0.243 e. The molecule has 1 aliphatic carbocycles. The first-order chi connectivity index (χ1) is 8.72. The normalized spacial score (nSPS) is 23.2. The first kappa shape index (κ1) is 13.3. The molecule has 2 fully saturated rings. The molecule has 0 aromatic heterocycles. The van der Waals surface area contributed by atoms with Crippen LogP contribution in [0, 0.1) is 0 Å². The molecule has 0 radical (unpaired) electrons. The number of ether oxygens (including phenoxy) is 1. The van der Waals surface area contributed by atoms with E-state index in [1.165, 1.54) is 0 Å². The summed E-state index contributed by atoms with van der Waals surface area (Å²) in [7, 11) is 1.63. The molecule has 102 valence electrons. The zero-order valence-corrected chi connectivity index (χ0v) is 11.0. The molecular formula is C13H22N2O3. The van der Waals surface area contributed by atoms with Crippen LogP contribution < -0.4 is 5.32 Å². The molecule has 1 saturated carbocycles. The molecule has 5 nitrogen and oxygen atoms in total. The number of likely N-dealkylation sites (tertiary alicyclic amines) is 1. The van der Waals surface area contributed by atoms with Crippen molar-refractivity contribution in [2.45, 2.75) is 50.6 Å². The Morgan fingerprint density at radius 2 is 2.11 bits per heavy atom. The molecule has 1 saturated heterocycles. The van der Waals surface area contributed by atoms with Gasteiger partial charge in [0.1, 0.15) is 6.04 Å². The van der Waals surface area contributed by atoms with Gasteiger partial charge in [-0.3, -0.25) is 9.59 Å². The van der Waals surface area contributed by atoms with Crippen molar-refractivity contribution in [3.05, 3.63) is 0 Å². The SMILES string of the molecule is COCCCC(=O)N1CCC[C@H]1C(=O)NC1CC1. The van der Waals surface area contributed by atoms with Gasteiger partial charge < -0.3 is 15.0 Å². The highest BCUT2D eigenvalue weighted by Crippen LogP contribution is 2.23. The number of methoxy groups -OCH3 is 1. The second kappa shape index (κ2) is 6.18. The van der Waals surface area contributed by atoms with Crippen LogP contribution in [0.5, 0.6) is 0 Å². The lowest BCUT2D eigenvalue weighted by atomic mass is 10.2. The molecule has 0 bridgehead atoms. The molecule has 0 aromatic rings. The highest BCUT2D eigenvalue weighted by atomic mass is 16.5. The Labute approximate surface area is 108 Å². The van der Waals surface area contributed by atoms with Crippen LogP contribution in [0.1, 0.15) is 38.5 Å². The van der Waals surface area contributed by atoms with Crippen molar-refractivity contribution in [2.75, 3.05) is 20.3 Å². The van der Waals surface area contributed by atoms with Gasteiger partial charge in [-0.05, 0) is 32.1 Å². The second-order valence-corrected chi connectivity index (χ2v) is 5.12. The molecule has 2 aliphatic rings. The van der Waals surface area contributed by atoms with E-state index in [2.05, 4.69) is 5.32 Å². The van der Waals surface area contributed by atoms with E-state index in [0.29, 0.717) is 25.6 Å². The van der Waals surface area contributed by atoms with Gasteiger partial charge in [0.2, 0.25) is 11.8 Å². The molecule has 2 rings (SSSR count). The fourth-order valence-electron chi connectivity index (χ4n) is 2.37. The van der Waals surface area contributed by atoms with Gasteiger partial charge in [-0.25, -0.2) is 0 Å². The lowest BCUT2D eigenvalue weighted by Gasteiger charge is -2.24. The van der Waals surface area contributed by atoms with Gasteiger partial charge >= 0.3 is 0 Å². The molecule has 1 atom stereocenters. The quantitative estimate of drug-likeness (QED) is 0.709. The zero-order chi connectivity index (χ0) is 13.0. The van der Waals surface area contributed by atoms with E-state index in [-0.39, 0.29) is 17.9 Å². The van der Waals surface area contributed by atoms with Gasteiger partial charge in [-0.1, -0.05) is 0 Å². The molecule has 1 heterocycles. The summed E-state index contributed by atoms with van der Waals surface area (Å²) in [6, 6.07) is 0.129. The van der Waals surface area contributed by atoms with Crippen molar-refractivity contribution >= 4 is 11.8 Å². The van der Waals surface area contributed by atoms with Gasteiger partial charge in [-0.2, -0.15) is 0 Å². The fourth-order valence-corrected chi connectivity index (χ4v) is 2.37. The van der Waals surface area contributed by atoms with Gasteiger partial charge in [0.25, 0.3) is 0 Å². The largest absolute Gasteiger partial charge is 0.385 e. The van der Waals surface area contributed by atoms with Crippen molar-refractivity contribution < 1.29 is 14.3 Å². The third-order valence-corrected chi connectivity index (χ3v) is 3.54. The highest BCUT2D eigenvalue weighted by Gasteiger charge is 2.35. The Kier molecular flexibility index (Phi) is 4.58. The van der Waals surface area contributed by atoms with Crippen LogP contribution in [0.3, 0.4) is 0 Å². The maximum absolute atomic E-state index is 12.0. The zero-order valence-electron chi connectivity index (χ0n) is 11.0. The van der Waals surface area contributed by atoms with Gasteiger partial charge in [0, 0.05) is 32.7 Å². The topological polar surface area (TPSA) is 58.6 Å². The molecular weight excluding hydrogens is 232 g/mol. The summed E-state index contributed by atoms with van der Waals surface area (Å²) in [5, 5.41) is 2.99. The van der Waals surface area contributed by atoms with Gasteiger partial charge in [0.05, 0.1) is 0 Å². The third kappa shape index (κ3) is 3.45. The van der Waals surface area contributed by atoms with E-state index < -0.39 is 0 Å². The summed E-state index contributed by atoms with van der Waals surface area (Å²) in [5.41, 5.74) is 0. The Morgan fingerprint density at radius 1 is 1.33 bits per heavy atom. The molecule has 0 aromatic carbocycles. The van der Waals surface area contributed by atoms with E-state index in [4.69, 9.17) is 4.74 Å². The maximum atomic E-state index is 12.0. The van der Waals surface area contributed by atoms with Crippen molar-refractivity contribution in [1.82, 2.24) is 10.2 Å². The van der Waals surface area contributed by atoms with E-state index >= 15 is 0 Å². The van der Waals surface area contributed by atoms with Crippen molar-refractivity contribution in [3.8, 4) is 0 Å². The van der Waals surface area contributed by atoms with Crippen molar-refractivity contribution in [3.63, 3.8) is 0 Å². The molecule has 1 aliphatic heterocycles.